The summed E-state index contributed by atoms with van der Waals surface area (Å²) >= 11 is 0. The molecule has 3 aliphatic heterocycles. The van der Waals surface area contributed by atoms with Crippen LogP contribution in [0.5, 0.6) is 0 Å². The van der Waals surface area contributed by atoms with E-state index in [9.17, 15) is 36.7 Å². The van der Waals surface area contributed by atoms with Crippen molar-refractivity contribution in [1.82, 2.24) is 43.7 Å². The molecule has 3 amide bonds. The van der Waals surface area contributed by atoms with Gasteiger partial charge in [-0.15, -0.1) is 0 Å². The number of benzene rings is 1. The van der Waals surface area contributed by atoms with E-state index in [1.807, 2.05) is 18.2 Å². The third-order valence-electron chi connectivity index (χ3n) is 13.4. The highest BCUT2D eigenvalue weighted by molar-refractivity contribution is 6.08. The highest BCUT2D eigenvalue weighted by atomic mass is 19.3. The Labute approximate surface area is 353 Å². The first-order chi connectivity index (χ1) is 29.7. The van der Waals surface area contributed by atoms with Gasteiger partial charge in [-0.3, -0.25) is 33.5 Å². The third-order valence-corrected chi connectivity index (χ3v) is 13.4. The lowest BCUT2D eigenvalue weighted by Crippen LogP contribution is -2.45. The van der Waals surface area contributed by atoms with Crippen LogP contribution in [0.15, 0.2) is 47.7 Å². The van der Waals surface area contributed by atoms with Crippen molar-refractivity contribution < 1.29 is 31.9 Å². The summed E-state index contributed by atoms with van der Waals surface area (Å²) in [5.41, 5.74) is 1.73. The van der Waals surface area contributed by atoms with Crippen molar-refractivity contribution in [3.05, 3.63) is 64.6 Å². The summed E-state index contributed by atoms with van der Waals surface area (Å²) < 4.78 is 62.2. The van der Waals surface area contributed by atoms with Crippen LogP contribution in [0.25, 0.3) is 16.7 Å². The van der Waals surface area contributed by atoms with Crippen LogP contribution in [0.2, 0.25) is 0 Å². The number of carbonyl (C=O) groups excluding carboxylic acids is 3. The van der Waals surface area contributed by atoms with Gasteiger partial charge in [0.15, 0.2) is 11.3 Å². The minimum absolute atomic E-state index is 0.0588. The molecule has 4 fully saturated rings. The molecule has 1 saturated carbocycles. The van der Waals surface area contributed by atoms with E-state index in [1.165, 1.54) is 21.5 Å². The number of aromatic nitrogens is 7. The van der Waals surface area contributed by atoms with Crippen molar-refractivity contribution in [1.29, 1.82) is 0 Å². The first-order valence-corrected chi connectivity index (χ1v) is 21.4. The lowest BCUT2D eigenvalue weighted by molar-refractivity contribution is -0.135. The second kappa shape index (κ2) is 16.5. The van der Waals surface area contributed by atoms with Crippen LogP contribution in [-0.2, 0) is 16.6 Å². The SMILES string of the molecule is CN(CC1CCC(n2cc(NC(=O)c3cnn4ccc(N5CCC(F)(F)CC5)nc34)c(C(F)F)n2)CC1)C1CCN(c2cccc3c2n(C)c(=O)n3C2CCC(=O)NC2=O)CC1. The van der Waals surface area contributed by atoms with Gasteiger partial charge in [-0.05, 0) is 76.1 Å². The zero-order valence-electron chi connectivity index (χ0n) is 34.7. The number of hydrogen-bond acceptors (Lipinski definition) is 10. The molecule has 1 unspecified atom stereocenters. The van der Waals surface area contributed by atoms with Crippen molar-refractivity contribution in [2.75, 3.05) is 54.9 Å². The lowest BCUT2D eigenvalue weighted by Gasteiger charge is -2.40. The topological polar surface area (TPSA) is 160 Å². The zero-order chi connectivity index (χ0) is 43.4. The normalized spacial score (nSPS) is 22.6. The van der Waals surface area contributed by atoms with Crippen LogP contribution in [0, 0.1) is 5.92 Å². The number of halogens is 4. The molecule has 7 heterocycles. The number of amides is 3. The molecule has 4 aromatic heterocycles. The van der Waals surface area contributed by atoms with Gasteiger partial charge in [0.2, 0.25) is 11.8 Å². The van der Waals surface area contributed by atoms with Crippen LogP contribution in [-0.4, -0.2) is 108 Å². The van der Waals surface area contributed by atoms with E-state index in [0.29, 0.717) is 23.3 Å². The largest absolute Gasteiger partial charge is 0.370 e. The highest BCUT2D eigenvalue weighted by Crippen LogP contribution is 2.37. The summed E-state index contributed by atoms with van der Waals surface area (Å²) in [6, 6.07) is 6.93. The molecule has 0 radical (unpaired) electrons. The summed E-state index contributed by atoms with van der Waals surface area (Å²) in [6.07, 6.45) is 6.44. The number of hydrogen-bond donors (Lipinski definition) is 2. The number of imide groups is 1. The maximum Gasteiger partial charge on any atom is 0.329 e. The fourth-order valence-electron chi connectivity index (χ4n) is 9.90. The highest BCUT2D eigenvalue weighted by Gasteiger charge is 2.36. The Bertz CT molecular complexity index is 2560. The number of nitrogens with one attached hydrogen (secondary N) is 2. The molecule has 1 atom stereocenters. The molecule has 1 aromatic carbocycles. The molecule has 9 rings (SSSR count). The van der Waals surface area contributed by atoms with E-state index < -0.39 is 35.9 Å². The van der Waals surface area contributed by atoms with Crippen LogP contribution in [0.4, 0.5) is 34.8 Å². The van der Waals surface area contributed by atoms with Crippen LogP contribution in [0.1, 0.15) is 98.8 Å². The summed E-state index contributed by atoms with van der Waals surface area (Å²) in [5.74, 6) is -3.34. The Balaban J connectivity index is 0.798. The Morgan fingerprint density at radius 1 is 0.984 bits per heavy atom. The van der Waals surface area contributed by atoms with E-state index in [-0.39, 0.29) is 73.3 Å². The average Bonchev–Trinajstić information content (AvgIpc) is 3.95. The Kier molecular flexibility index (Phi) is 11.0. The maximum atomic E-state index is 14.3. The minimum Gasteiger partial charge on any atom is -0.370 e. The molecule has 330 valence electrons. The van der Waals surface area contributed by atoms with Crippen LogP contribution in [0.3, 0.4) is 0 Å². The van der Waals surface area contributed by atoms with E-state index >= 15 is 0 Å². The van der Waals surface area contributed by atoms with Gasteiger partial charge in [0.1, 0.15) is 17.4 Å². The van der Waals surface area contributed by atoms with Crippen molar-refractivity contribution in [2.24, 2.45) is 13.0 Å². The van der Waals surface area contributed by atoms with Crippen molar-refractivity contribution in [3.63, 3.8) is 0 Å². The number of imidazole rings is 1. The van der Waals surface area contributed by atoms with Gasteiger partial charge in [-0.2, -0.15) is 10.2 Å². The first-order valence-electron chi connectivity index (χ1n) is 21.4. The fraction of sp³-hybridized carbons (Fsp3) is 0.548. The van der Waals surface area contributed by atoms with Gasteiger partial charge < -0.3 is 20.0 Å². The van der Waals surface area contributed by atoms with E-state index in [4.69, 9.17) is 0 Å². The van der Waals surface area contributed by atoms with Gasteiger partial charge in [0, 0.05) is 77.5 Å². The van der Waals surface area contributed by atoms with Gasteiger partial charge in [0.25, 0.3) is 18.3 Å². The monoisotopic (exact) mass is 862 g/mol. The van der Waals surface area contributed by atoms with E-state index in [1.54, 1.807) is 33.5 Å². The van der Waals surface area contributed by atoms with Gasteiger partial charge in [-0.25, -0.2) is 31.9 Å². The molecular formula is C42H50F4N12O4. The molecule has 16 nitrogen and oxygen atoms in total. The smallest absolute Gasteiger partial charge is 0.329 e. The molecule has 0 bridgehead atoms. The summed E-state index contributed by atoms with van der Waals surface area (Å²) in [7, 11) is 3.88. The molecule has 62 heavy (non-hydrogen) atoms. The summed E-state index contributed by atoms with van der Waals surface area (Å²) in [6.45, 7) is 2.71. The number of carbonyl (C=O) groups is 3. The molecule has 2 N–H and O–H groups in total. The molecule has 4 aliphatic rings. The number of nitrogens with zero attached hydrogens (tertiary/aromatic N) is 10. The first kappa shape index (κ1) is 41.6. The third kappa shape index (κ3) is 7.92. The minimum atomic E-state index is -2.92. The second-order valence-corrected chi connectivity index (χ2v) is 17.3. The van der Waals surface area contributed by atoms with E-state index in [0.717, 1.165) is 69.4 Å². The quantitative estimate of drug-likeness (QED) is 0.139. The Morgan fingerprint density at radius 2 is 1.73 bits per heavy atom. The summed E-state index contributed by atoms with van der Waals surface area (Å²) in [4.78, 5) is 62.5. The predicted molar refractivity (Wildman–Crippen MR) is 222 cm³/mol. The summed E-state index contributed by atoms with van der Waals surface area (Å²) in [5, 5.41) is 13.4. The molecule has 0 spiro atoms. The van der Waals surface area contributed by atoms with Crippen molar-refractivity contribution >= 4 is 51.6 Å². The Hall–Kier alpha value is -5.79. The van der Waals surface area contributed by atoms with E-state index in [2.05, 4.69) is 42.7 Å². The van der Waals surface area contributed by atoms with Gasteiger partial charge >= 0.3 is 5.69 Å². The number of fused-ring (bicyclic) bond motifs is 2. The standard InChI is InChI=1S/C42H50F4N12O4/c1-52(26-12-17-54(18-13-26)30-4-3-5-31-36(30)53(2)41(62)58(31)32-10-11-34(59)50-40(32)61)23-25-6-8-27(9-7-25)57-24-29(35(51-57)37(43)44)48-39(60)28-22-47-56-19-14-33(49-38(28)56)55-20-15-42(45,46)16-21-55/h3-5,14,19,22,24-27,32,37H,6-13,15-18,20-21,23H2,1-2H3,(H,48,60)(H,50,59,61). The molecule has 1 aliphatic carbocycles. The number of rotatable bonds is 10. The number of anilines is 3. The Morgan fingerprint density at radius 3 is 2.44 bits per heavy atom. The number of aryl methyl sites for hydroxylation is 1. The van der Waals surface area contributed by atoms with Crippen molar-refractivity contribution in [3.8, 4) is 0 Å². The van der Waals surface area contributed by atoms with Crippen LogP contribution >= 0.6 is 0 Å². The zero-order valence-corrected chi connectivity index (χ0v) is 34.7. The number of alkyl halides is 4. The second-order valence-electron chi connectivity index (χ2n) is 17.3. The van der Waals surface area contributed by atoms with Gasteiger partial charge in [0.05, 0.1) is 34.6 Å². The maximum absolute atomic E-state index is 14.3. The lowest BCUT2D eigenvalue weighted by atomic mass is 9.85. The molecule has 5 aromatic rings. The average molecular weight is 863 g/mol. The van der Waals surface area contributed by atoms with Crippen LogP contribution < -0.4 is 26.1 Å². The molecular weight excluding hydrogens is 813 g/mol. The van der Waals surface area contributed by atoms with Crippen molar-refractivity contribution in [2.45, 2.75) is 94.7 Å². The molecule has 20 heteroatoms. The fourth-order valence-corrected chi connectivity index (χ4v) is 9.90. The predicted octanol–water partition coefficient (Wildman–Crippen LogP) is 5.31. The number of piperidine rings is 3. The van der Waals surface area contributed by atoms with Gasteiger partial charge in [-0.1, -0.05) is 6.07 Å². The number of para-hydroxylation sites is 1. The molecule has 3 saturated heterocycles.